The number of rotatable bonds is 9. The lowest BCUT2D eigenvalue weighted by atomic mass is 9.94. The predicted molar refractivity (Wildman–Crippen MR) is 140 cm³/mol. The van der Waals surface area contributed by atoms with E-state index in [2.05, 4.69) is 16.0 Å². The number of allylic oxidation sites excluding steroid dienone is 2. The molecule has 2 heterocycles. The third kappa shape index (κ3) is 7.70. The predicted octanol–water partition coefficient (Wildman–Crippen LogP) is 1.89. The molecule has 1 aromatic carbocycles. The second-order valence-electron chi connectivity index (χ2n) is 10.2. The van der Waals surface area contributed by atoms with Crippen molar-refractivity contribution in [1.29, 1.82) is 0 Å². The van der Waals surface area contributed by atoms with Crippen LogP contribution in [0.25, 0.3) is 0 Å². The maximum absolute atomic E-state index is 13.8. The van der Waals surface area contributed by atoms with E-state index >= 15 is 0 Å². The summed E-state index contributed by atoms with van der Waals surface area (Å²) in [6, 6.07) is 2.87. The standard InChI is InChI=1S/C28H36F2N4O5/c1-3-28(2)27(39)32-22(16-18-9-7-10-19(30)15-18)26(38)34-14-8-13-23(34)25(37)31-21(24(36)33-28)12-6-4-5-11-20(35)17-29/h5,7,9-11,15,21-23H,3-4,6,8,12-14,16-17H2,1-2H3,(H,31,37)(H,32,39)(H,33,36)/b11-5+/t21-,22-,23+,28-/m0/s1. The van der Waals surface area contributed by atoms with Gasteiger partial charge in [-0.05, 0) is 69.2 Å². The van der Waals surface area contributed by atoms with Crippen LogP contribution in [0.3, 0.4) is 0 Å². The molecule has 3 rings (SSSR count). The summed E-state index contributed by atoms with van der Waals surface area (Å²) >= 11 is 0. The zero-order chi connectivity index (χ0) is 28.6. The molecule has 11 heteroatoms. The molecule has 0 unspecified atom stereocenters. The number of amides is 4. The number of fused-ring (bicyclic) bond motifs is 1. The average Bonchev–Trinajstić information content (AvgIpc) is 3.40. The average molecular weight is 547 g/mol. The lowest BCUT2D eigenvalue weighted by molar-refractivity contribution is -0.144. The van der Waals surface area contributed by atoms with Crippen LogP contribution in [0.1, 0.15) is 57.9 Å². The summed E-state index contributed by atoms with van der Waals surface area (Å²) in [5, 5.41) is 8.27. The van der Waals surface area contributed by atoms with Gasteiger partial charge in [0.25, 0.3) is 0 Å². The second kappa shape index (κ2) is 13.4. The number of ketones is 1. The zero-order valence-corrected chi connectivity index (χ0v) is 22.3. The van der Waals surface area contributed by atoms with Gasteiger partial charge in [-0.2, -0.15) is 0 Å². The van der Waals surface area contributed by atoms with Crippen LogP contribution in [0.5, 0.6) is 0 Å². The quantitative estimate of drug-likeness (QED) is 0.322. The molecule has 2 saturated heterocycles. The third-order valence-electron chi connectivity index (χ3n) is 7.31. The van der Waals surface area contributed by atoms with Crippen LogP contribution >= 0.6 is 0 Å². The van der Waals surface area contributed by atoms with Gasteiger partial charge in [0.1, 0.15) is 29.5 Å². The van der Waals surface area contributed by atoms with Crippen LogP contribution in [-0.2, 0) is 30.4 Å². The first kappa shape index (κ1) is 29.9. The Morgan fingerprint density at radius 1 is 1.15 bits per heavy atom. The fraction of sp³-hybridized carbons (Fsp3) is 0.536. The molecule has 4 atom stereocenters. The van der Waals surface area contributed by atoms with E-state index in [0.29, 0.717) is 37.8 Å². The number of carbonyl (C=O) groups excluding carboxylic acids is 5. The smallest absolute Gasteiger partial charge is 0.246 e. The Morgan fingerprint density at radius 2 is 1.92 bits per heavy atom. The lowest BCUT2D eigenvalue weighted by Gasteiger charge is -2.35. The summed E-state index contributed by atoms with van der Waals surface area (Å²) in [6.07, 6.45) is 4.83. The van der Waals surface area contributed by atoms with E-state index in [1.165, 1.54) is 29.2 Å². The van der Waals surface area contributed by atoms with Crippen molar-refractivity contribution >= 4 is 29.4 Å². The molecule has 2 aliphatic heterocycles. The first-order chi connectivity index (χ1) is 18.6. The highest BCUT2D eigenvalue weighted by Gasteiger charge is 2.43. The van der Waals surface area contributed by atoms with Crippen molar-refractivity contribution in [2.45, 2.75) is 82.5 Å². The van der Waals surface area contributed by atoms with Crippen LogP contribution in [0, 0.1) is 5.82 Å². The molecule has 0 saturated carbocycles. The van der Waals surface area contributed by atoms with Crippen molar-refractivity contribution < 1.29 is 32.8 Å². The number of hydrogen-bond acceptors (Lipinski definition) is 5. The maximum atomic E-state index is 13.8. The van der Waals surface area contributed by atoms with E-state index in [-0.39, 0.29) is 19.3 Å². The molecular weight excluding hydrogens is 510 g/mol. The van der Waals surface area contributed by atoms with Crippen LogP contribution in [-0.4, -0.2) is 71.2 Å². The van der Waals surface area contributed by atoms with Crippen molar-refractivity contribution in [3.05, 3.63) is 47.8 Å². The fourth-order valence-corrected chi connectivity index (χ4v) is 4.82. The number of nitrogens with zero attached hydrogens (tertiary/aromatic N) is 1. The van der Waals surface area contributed by atoms with Crippen LogP contribution in [0.2, 0.25) is 0 Å². The molecule has 0 radical (unpaired) electrons. The molecule has 212 valence electrons. The minimum absolute atomic E-state index is 0.0158. The summed E-state index contributed by atoms with van der Waals surface area (Å²) in [4.78, 5) is 66.3. The third-order valence-corrected chi connectivity index (χ3v) is 7.31. The Balaban J connectivity index is 1.87. The van der Waals surface area contributed by atoms with Gasteiger partial charge in [0.05, 0.1) is 0 Å². The molecule has 0 spiro atoms. The molecule has 0 aromatic heterocycles. The van der Waals surface area contributed by atoms with Crippen molar-refractivity contribution in [1.82, 2.24) is 20.9 Å². The van der Waals surface area contributed by atoms with Gasteiger partial charge in [-0.25, -0.2) is 8.78 Å². The Hall–Kier alpha value is -3.63. The summed E-state index contributed by atoms with van der Waals surface area (Å²) in [5.74, 6) is -3.17. The highest BCUT2D eigenvalue weighted by atomic mass is 19.1. The first-order valence-electron chi connectivity index (χ1n) is 13.3. The van der Waals surface area contributed by atoms with Crippen LogP contribution < -0.4 is 16.0 Å². The topological polar surface area (TPSA) is 125 Å². The van der Waals surface area contributed by atoms with Gasteiger partial charge in [0.15, 0.2) is 12.5 Å². The highest BCUT2D eigenvalue weighted by molar-refractivity contribution is 5.99. The Bertz CT molecular complexity index is 1130. The molecule has 0 aliphatic carbocycles. The molecule has 39 heavy (non-hydrogen) atoms. The van der Waals surface area contributed by atoms with E-state index in [1.54, 1.807) is 19.9 Å². The van der Waals surface area contributed by atoms with Gasteiger partial charge >= 0.3 is 0 Å². The Morgan fingerprint density at radius 3 is 2.62 bits per heavy atom. The molecule has 2 fully saturated rings. The van der Waals surface area contributed by atoms with Crippen LogP contribution in [0.15, 0.2) is 36.4 Å². The number of carbonyl (C=O) groups is 5. The molecular formula is C28H36F2N4O5. The van der Waals surface area contributed by atoms with Gasteiger partial charge in [-0.15, -0.1) is 0 Å². The van der Waals surface area contributed by atoms with E-state index < -0.39 is 65.6 Å². The van der Waals surface area contributed by atoms with Gasteiger partial charge < -0.3 is 20.9 Å². The Kier molecular flexibility index (Phi) is 10.3. The largest absolute Gasteiger partial charge is 0.343 e. The van der Waals surface area contributed by atoms with Crippen molar-refractivity contribution in [3.8, 4) is 0 Å². The molecule has 0 bridgehead atoms. The minimum Gasteiger partial charge on any atom is -0.343 e. The zero-order valence-electron chi connectivity index (χ0n) is 22.3. The van der Waals surface area contributed by atoms with Crippen LogP contribution in [0.4, 0.5) is 8.78 Å². The van der Waals surface area contributed by atoms with Crippen molar-refractivity contribution in [3.63, 3.8) is 0 Å². The molecule has 9 nitrogen and oxygen atoms in total. The highest BCUT2D eigenvalue weighted by Crippen LogP contribution is 2.22. The molecule has 1 aromatic rings. The van der Waals surface area contributed by atoms with E-state index in [0.717, 1.165) is 6.08 Å². The summed E-state index contributed by atoms with van der Waals surface area (Å²) in [7, 11) is 0. The molecule has 2 aliphatic rings. The summed E-state index contributed by atoms with van der Waals surface area (Å²) in [6.45, 7) is 2.47. The lowest BCUT2D eigenvalue weighted by Crippen LogP contribution is -2.65. The monoisotopic (exact) mass is 546 g/mol. The number of unbranched alkanes of at least 4 members (excludes halogenated alkanes) is 1. The fourth-order valence-electron chi connectivity index (χ4n) is 4.82. The summed E-state index contributed by atoms with van der Waals surface area (Å²) in [5.41, 5.74) is -0.886. The van der Waals surface area contributed by atoms with E-state index in [9.17, 15) is 32.8 Å². The Labute approximate surface area is 226 Å². The number of benzene rings is 1. The van der Waals surface area contributed by atoms with E-state index in [4.69, 9.17) is 0 Å². The van der Waals surface area contributed by atoms with Crippen molar-refractivity contribution in [2.24, 2.45) is 0 Å². The van der Waals surface area contributed by atoms with Crippen molar-refractivity contribution in [2.75, 3.05) is 13.2 Å². The molecule has 4 amide bonds. The molecule has 3 N–H and O–H groups in total. The van der Waals surface area contributed by atoms with Gasteiger partial charge in [0.2, 0.25) is 23.6 Å². The van der Waals surface area contributed by atoms with Gasteiger partial charge in [-0.3, -0.25) is 24.0 Å². The van der Waals surface area contributed by atoms with E-state index in [1.807, 2.05) is 0 Å². The number of alkyl halides is 1. The number of hydrogen-bond donors (Lipinski definition) is 3. The SMILES string of the molecule is CC[C@]1(C)NC(=O)[C@H](CCC/C=C/C(=O)CF)NC(=O)[C@H]2CCCN2C(=O)[C@H](Cc2cccc(F)c2)NC1=O. The maximum Gasteiger partial charge on any atom is 0.246 e. The normalized spacial score (nSPS) is 26.4. The van der Waals surface area contributed by atoms with Gasteiger partial charge in [0, 0.05) is 13.0 Å². The first-order valence-corrected chi connectivity index (χ1v) is 13.3. The second-order valence-corrected chi connectivity index (χ2v) is 10.2. The van der Waals surface area contributed by atoms with Gasteiger partial charge in [-0.1, -0.05) is 25.1 Å². The number of nitrogens with one attached hydrogen (secondary N) is 3. The summed E-state index contributed by atoms with van der Waals surface area (Å²) < 4.78 is 26.2. The minimum atomic E-state index is -1.39. The number of halogens is 2.